The molecule has 1 atom stereocenters. The minimum atomic E-state index is -0.665. The second-order valence-corrected chi connectivity index (χ2v) is 6.67. The van der Waals surface area contributed by atoms with Crippen LogP contribution in [0.2, 0.25) is 0 Å². The number of hydrogen-bond acceptors (Lipinski definition) is 4. The van der Waals surface area contributed by atoms with Crippen molar-refractivity contribution in [3.05, 3.63) is 0 Å². The van der Waals surface area contributed by atoms with Crippen molar-refractivity contribution in [2.45, 2.75) is 70.1 Å². The van der Waals surface area contributed by atoms with Gasteiger partial charge in [-0.3, -0.25) is 9.69 Å². The Morgan fingerprint density at radius 3 is 2.29 bits per heavy atom. The predicted molar refractivity (Wildman–Crippen MR) is 82.4 cm³/mol. The summed E-state index contributed by atoms with van der Waals surface area (Å²) in [4.78, 5) is 15.8. The molecular weight excluding hydrogens is 268 g/mol. The zero-order valence-corrected chi connectivity index (χ0v) is 13.4. The molecule has 0 aliphatic carbocycles. The first kappa shape index (κ1) is 16.7. The van der Waals surface area contributed by atoms with Crippen molar-refractivity contribution in [2.75, 3.05) is 26.2 Å². The Labute approximate surface area is 127 Å². The van der Waals surface area contributed by atoms with E-state index in [1.807, 2.05) is 13.8 Å². The summed E-state index contributed by atoms with van der Waals surface area (Å²) in [6.07, 6.45) is 5.41. The van der Waals surface area contributed by atoms with E-state index in [0.717, 1.165) is 64.7 Å². The quantitative estimate of drug-likeness (QED) is 0.779. The highest BCUT2D eigenvalue weighted by molar-refractivity contribution is 5.73. The van der Waals surface area contributed by atoms with Crippen LogP contribution < -0.4 is 0 Å². The molecule has 0 saturated carbocycles. The van der Waals surface area contributed by atoms with Gasteiger partial charge in [0.05, 0.1) is 5.60 Å². The molecule has 0 amide bonds. The first-order valence-corrected chi connectivity index (χ1v) is 8.42. The van der Waals surface area contributed by atoms with Crippen molar-refractivity contribution in [1.29, 1.82) is 0 Å². The Balaban J connectivity index is 1.84. The molecule has 2 rings (SSSR count). The Morgan fingerprint density at radius 1 is 1.14 bits per heavy atom. The lowest BCUT2D eigenvalue weighted by Crippen LogP contribution is -2.51. The normalized spacial score (nSPS) is 26.3. The number of piperidine rings is 1. The van der Waals surface area contributed by atoms with Gasteiger partial charge >= 0.3 is 5.97 Å². The number of aliphatic carboxylic acids is 1. The smallest absolute Gasteiger partial charge is 0.320 e. The highest BCUT2D eigenvalue weighted by Gasteiger charge is 2.37. The summed E-state index contributed by atoms with van der Waals surface area (Å²) in [7, 11) is 0. The van der Waals surface area contributed by atoms with Gasteiger partial charge in [0.1, 0.15) is 6.04 Å². The number of β-amino-alcohol motifs (C(OH)–C–C–N with tert-alkyl or cyclic N) is 1. The molecule has 21 heavy (non-hydrogen) atoms. The molecule has 0 radical (unpaired) electrons. The van der Waals surface area contributed by atoms with Crippen molar-refractivity contribution >= 4 is 5.97 Å². The van der Waals surface area contributed by atoms with Crippen LogP contribution in [0.5, 0.6) is 0 Å². The van der Waals surface area contributed by atoms with Gasteiger partial charge in [-0.2, -0.15) is 0 Å². The summed E-state index contributed by atoms with van der Waals surface area (Å²) in [5, 5.41) is 19.7. The zero-order valence-electron chi connectivity index (χ0n) is 13.4. The number of hydrogen-bond donors (Lipinski definition) is 2. The maximum atomic E-state index is 11.3. The number of carboxylic acid groups (broad SMARTS) is 1. The zero-order chi connectivity index (χ0) is 15.5. The number of carbonyl (C=O) groups is 1. The van der Waals surface area contributed by atoms with Crippen LogP contribution >= 0.6 is 0 Å². The largest absolute Gasteiger partial charge is 0.480 e. The molecule has 0 bridgehead atoms. The maximum absolute atomic E-state index is 11.3. The molecule has 122 valence electrons. The van der Waals surface area contributed by atoms with E-state index in [1.54, 1.807) is 0 Å². The molecule has 0 spiro atoms. The number of carboxylic acids is 1. The average molecular weight is 298 g/mol. The van der Waals surface area contributed by atoms with Crippen LogP contribution in [0.4, 0.5) is 0 Å². The van der Waals surface area contributed by atoms with Crippen LogP contribution in [0.3, 0.4) is 0 Å². The fourth-order valence-electron chi connectivity index (χ4n) is 3.79. The molecule has 0 aromatic heterocycles. The summed E-state index contributed by atoms with van der Waals surface area (Å²) in [5.41, 5.74) is -0.565. The van der Waals surface area contributed by atoms with Crippen LogP contribution in [0.1, 0.15) is 52.4 Å². The SMILES string of the molecule is CCC(O)(CC)CN1CCC(N2CCCC2C(=O)O)CC1. The van der Waals surface area contributed by atoms with Crippen molar-refractivity contribution in [2.24, 2.45) is 0 Å². The van der Waals surface area contributed by atoms with Crippen LogP contribution in [0.15, 0.2) is 0 Å². The van der Waals surface area contributed by atoms with Gasteiger partial charge in [-0.05, 0) is 58.2 Å². The van der Waals surface area contributed by atoms with Gasteiger partial charge in [0.2, 0.25) is 0 Å². The monoisotopic (exact) mass is 298 g/mol. The van der Waals surface area contributed by atoms with Crippen molar-refractivity contribution in [1.82, 2.24) is 9.80 Å². The first-order valence-electron chi connectivity index (χ1n) is 8.42. The molecule has 5 nitrogen and oxygen atoms in total. The minimum absolute atomic E-state index is 0.273. The van der Waals surface area contributed by atoms with Gasteiger partial charge in [0.15, 0.2) is 0 Å². The summed E-state index contributed by atoms with van der Waals surface area (Å²) in [5.74, 6) is -0.665. The van der Waals surface area contributed by atoms with E-state index in [4.69, 9.17) is 0 Å². The van der Waals surface area contributed by atoms with E-state index in [2.05, 4.69) is 9.80 Å². The van der Waals surface area contributed by atoms with Gasteiger partial charge in [0.25, 0.3) is 0 Å². The minimum Gasteiger partial charge on any atom is -0.480 e. The maximum Gasteiger partial charge on any atom is 0.320 e. The topological polar surface area (TPSA) is 64.0 Å². The van der Waals surface area contributed by atoms with Crippen LogP contribution in [-0.2, 0) is 4.79 Å². The van der Waals surface area contributed by atoms with E-state index < -0.39 is 11.6 Å². The molecule has 0 aromatic carbocycles. The Hall–Kier alpha value is -0.650. The van der Waals surface area contributed by atoms with Crippen molar-refractivity contribution in [3.63, 3.8) is 0 Å². The molecule has 5 heteroatoms. The van der Waals surface area contributed by atoms with Gasteiger partial charge in [0, 0.05) is 12.6 Å². The molecule has 0 aromatic rings. The van der Waals surface area contributed by atoms with Crippen LogP contribution in [-0.4, -0.2) is 69.8 Å². The molecule has 2 aliphatic heterocycles. The van der Waals surface area contributed by atoms with E-state index in [-0.39, 0.29) is 6.04 Å². The molecule has 2 fully saturated rings. The Bertz CT molecular complexity index is 349. The van der Waals surface area contributed by atoms with E-state index in [1.165, 1.54) is 0 Å². The third-order valence-corrected chi connectivity index (χ3v) is 5.44. The highest BCUT2D eigenvalue weighted by Crippen LogP contribution is 2.27. The third-order valence-electron chi connectivity index (χ3n) is 5.44. The van der Waals surface area contributed by atoms with Crippen molar-refractivity contribution in [3.8, 4) is 0 Å². The lowest BCUT2D eigenvalue weighted by molar-refractivity contribution is -0.143. The third kappa shape index (κ3) is 3.96. The van der Waals surface area contributed by atoms with E-state index in [9.17, 15) is 15.0 Å². The number of likely N-dealkylation sites (tertiary alicyclic amines) is 2. The van der Waals surface area contributed by atoms with Gasteiger partial charge in [-0.1, -0.05) is 13.8 Å². The lowest BCUT2D eigenvalue weighted by atomic mass is 9.94. The summed E-state index contributed by atoms with van der Waals surface area (Å²) in [6.45, 7) is 7.69. The molecule has 2 N–H and O–H groups in total. The van der Waals surface area contributed by atoms with Crippen molar-refractivity contribution < 1.29 is 15.0 Å². The molecule has 1 unspecified atom stereocenters. The number of aliphatic hydroxyl groups is 1. The Morgan fingerprint density at radius 2 is 1.76 bits per heavy atom. The average Bonchev–Trinajstić information content (AvgIpc) is 2.97. The van der Waals surface area contributed by atoms with Gasteiger partial charge < -0.3 is 15.1 Å². The summed E-state index contributed by atoms with van der Waals surface area (Å²) in [6, 6.07) is 0.131. The van der Waals surface area contributed by atoms with Gasteiger partial charge in [-0.25, -0.2) is 0 Å². The van der Waals surface area contributed by atoms with E-state index in [0.29, 0.717) is 6.04 Å². The fraction of sp³-hybridized carbons (Fsp3) is 0.938. The fourth-order valence-corrected chi connectivity index (χ4v) is 3.79. The first-order chi connectivity index (χ1) is 9.99. The van der Waals surface area contributed by atoms with Crippen LogP contribution in [0, 0.1) is 0 Å². The lowest BCUT2D eigenvalue weighted by Gasteiger charge is -2.41. The molecule has 2 saturated heterocycles. The number of rotatable bonds is 6. The van der Waals surface area contributed by atoms with E-state index >= 15 is 0 Å². The second-order valence-electron chi connectivity index (χ2n) is 6.67. The second kappa shape index (κ2) is 7.07. The highest BCUT2D eigenvalue weighted by atomic mass is 16.4. The number of nitrogens with zero attached hydrogens (tertiary/aromatic N) is 2. The Kier molecular flexibility index (Phi) is 5.63. The predicted octanol–water partition coefficient (Wildman–Crippen LogP) is 1.55. The molecule has 2 aliphatic rings. The van der Waals surface area contributed by atoms with Gasteiger partial charge in [-0.15, -0.1) is 0 Å². The standard InChI is InChI=1S/C16H30N2O3/c1-3-16(21,4-2)12-17-10-7-13(8-11-17)18-9-5-6-14(18)15(19)20/h13-14,21H,3-12H2,1-2H3,(H,19,20). The molecule has 2 heterocycles. The van der Waals surface area contributed by atoms with Crippen LogP contribution in [0.25, 0.3) is 0 Å². The summed E-state index contributed by atoms with van der Waals surface area (Å²) >= 11 is 0. The summed E-state index contributed by atoms with van der Waals surface area (Å²) < 4.78 is 0. The molecular formula is C16H30N2O3.